The maximum Gasteiger partial charge on any atom is 0.149 e. The summed E-state index contributed by atoms with van der Waals surface area (Å²) in [6, 6.07) is 25.6. The van der Waals surface area contributed by atoms with Gasteiger partial charge in [0.2, 0.25) is 0 Å². The van der Waals surface area contributed by atoms with E-state index in [2.05, 4.69) is 79.3 Å². The highest BCUT2D eigenvalue weighted by atomic mass is 32.2. The fraction of sp³-hybridized carbons (Fsp3) is 0.217. The minimum Gasteiger partial charge on any atom is -0.334 e. The Morgan fingerprint density at radius 3 is 2.22 bits per heavy atom. The summed E-state index contributed by atoms with van der Waals surface area (Å²) in [7, 11) is 0. The molecule has 3 aromatic rings. The Bertz CT molecular complexity index is 987. The third-order valence-corrected chi connectivity index (χ3v) is 6.63. The Hall–Kier alpha value is -2.11. The van der Waals surface area contributed by atoms with Crippen molar-refractivity contribution in [3.63, 3.8) is 0 Å². The maximum absolute atomic E-state index is 6.23. The lowest BCUT2D eigenvalue weighted by atomic mass is 9.77. The van der Waals surface area contributed by atoms with Crippen molar-refractivity contribution in [1.82, 2.24) is 10.9 Å². The smallest absolute Gasteiger partial charge is 0.149 e. The second kappa shape index (κ2) is 6.50. The van der Waals surface area contributed by atoms with E-state index in [1.54, 1.807) is 0 Å². The zero-order valence-corrected chi connectivity index (χ0v) is 16.2. The number of hydrogen-bond acceptors (Lipinski definition) is 4. The second-order valence-corrected chi connectivity index (χ2v) is 8.66. The van der Waals surface area contributed by atoms with Crippen LogP contribution in [0.4, 0.5) is 0 Å². The van der Waals surface area contributed by atoms with Gasteiger partial charge in [-0.05, 0) is 40.5 Å². The summed E-state index contributed by atoms with van der Waals surface area (Å²) in [4.78, 5) is 2.68. The zero-order chi connectivity index (χ0) is 18.4. The molecule has 0 radical (unpaired) electrons. The molecule has 2 heterocycles. The molecule has 1 fully saturated rings. The molecule has 0 bridgehead atoms. The van der Waals surface area contributed by atoms with Crippen molar-refractivity contribution in [2.75, 3.05) is 0 Å². The number of ether oxygens (including phenoxy) is 1. The molecule has 4 heteroatoms. The van der Waals surface area contributed by atoms with Gasteiger partial charge in [0, 0.05) is 15.2 Å². The van der Waals surface area contributed by atoms with Gasteiger partial charge in [-0.1, -0.05) is 80.2 Å². The number of benzene rings is 3. The number of fused-ring (bicyclic) bond motifs is 2. The lowest BCUT2D eigenvalue weighted by molar-refractivity contribution is 0.0340. The van der Waals surface area contributed by atoms with Crippen LogP contribution < -0.4 is 10.9 Å². The first-order valence-electron chi connectivity index (χ1n) is 9.26. The standard InChI is InChI=1S/C23H22N2OS/c1-23(2)17-10-6-7-11-19(17)27-20-13-12-16(14-18(20)23)22-25-24-21(26-22)15-8-4-3-5-9-15/h3-14,21-22,24-25H,1-2H3. The van der Waals surface area contributed by atoms with Crippen molar-refractivity contribution >= 4 is 11.8 Å². The van der Waals surface area contributed by atoms with Crippen LogP contribution in [0.1, 0.15) is 48.6 Å². The molecule has 2 N–H and O–H groups in total. The third-order valence-electron chi connectivity index (χ3n) is 5.48. The normalized spacial score (nSPS) is 22.9. The summed E-state index contributed by atoms with van der Waals surface area (Å²) in [6.45, 7) is 4.62. The topological polar surface area (TPSA) is 33.3 Å². The molecule has 1 saturated heterocycles. The summed E-state index contributed by atoms with van der Waals surface area (Å²) in [6.07, 6.45) is -0.311. The van der Waals surface area contributed by atoms with Crippen LogP contribution in [-0.2, 0) is 10.2 Å². The van der Waals surface area contributed by atoms with Crippen molar-refractivity contribution in [2.45, 2.75) is 41.5 Å². The number of hydrogen-bond donors (Lipinski definition) is 2. The van der Waals surface area contributed by atoms with E-state index in [4.69, 9.17) is 4.74 Å². The van der Waals surface area contributed by atoms with Gasteiger partial charge in [-0.15, -0.1) is 0 Å². The van der Waals surface area contributed by atoms with Crippen LogP contribution >= 0.6 is 11.8 Å². The maximum atomic E-state index is 6.23. The Morgan fingerprint density at radius 2 is 1.41 bits per heavy atom. The van der Waals surface area contributed by atoms with Crippen LogP contribution in [-0.4, -0.2) is 0 Å². The summed E-state index contributed by atoms with van der Waals surface area (Å²) in [5, 5.41) is 0. The van der Waals surface area contributed by atoms with Gasteiger partial charge < -0.3 is 4.74 Å². The van der Waals surface area contributed by atoms with Crippen LogP contribution in [0.3, 0.4) is 0 Å². The van der Waals surface area contributed by atoms with Crippen molar-refractivity contribution < 1.29 is 4.74 Å². The molecule has 136 valence electrons. The van der Waals surface area contributed by atoms with Crippen LogP contribution in [0.15, 0.2) is 82.6 Å². The highest BCUT2D eigenvalue weighted by Gasteiger charge is 2.34. The van der Waals surface area contributed by atoms with Gasteiger partial charge in [0.15, 0.2) is 0 Å². The quantitative estimate of drug-likeness (QED) is 0.638. The van der Waals surface area contributed by atoms with E-state index < -0.39 is 0 Å². The van der Waals surface area contributed by atoms with Gasteiger partial charge >= 0.3 is 0 Å². The summed E-state index contributed by atoms with van der Waals surface area (Å²) < 4.78 is 6.23. The largest absolute Gasteiger partial charge is 0.334 e. The number of nitrogens with one attached hydrogen (secondary N) is 2. The van der Waals surface area contributed by atoms with Crippen molar-refractivity contribution in [1.29, 1.82) is 0 Å². The number of rotatable bonds is 2. The van der Waals surface area contributed by atoms with E-state index in [0.29, 0.717) is 0 Å². The summed E-state index contributed by atoms with van der Waals surface area (Å²) in [5.41, 5.74) is 11.5. The van der Waals surface area contributed by atoms with Crippen molar-refractivity contribution in [3.05, 3.63) is 95.1 Å². The van der Waals surface area contributed by atoms with Crippen LogP contribution in [0.25, 0.3) is 0 Å². The average Bonchev–Trinajstić information content (AvgIpc) is 3.19. The van der Waals surface area contributed by atoms with Crippen molar-refractivity contribution in [3.8, 4) is 0 Å². The highest BCUT2D eigenvalue weighted by Crippen LogP contribution is 2.49. The average molecular weight is 375 g/mol. The zero-order valence-electron chi connectivity index (χ0n) is 15.4. The summed E-state index contributed by atoms with van der Waals surface area (Å²) >= 11 is 1.86. The first kappa shape index (κ1) is 17.0. The van der Waals surface area contributed by atoms with E-state index in [-0.39, 0.29) is 17.9 Å². The fourth-order valence-electron chi connectivity index (χ4n) is 3.93. The lowest BCUT2D eigenvalue weighted by Crippen LogP contribution is -2.27. The predicted octanol–water partition coefficient (Wildman–Crippen LogP) is 5.30. The first-order valence-corrected chi connectivity index (χ1v) is 10.1. The first-order chi connectivity index (χ1) is 13.1. The van der Waals surface area contributed by atoms with Gasteiger partial charge in [-0.2, -0.15) is 0 Å². The molecule has 2 aliphatic heterocycles. The monoisotopic (exact) mass is 374 g/mol. The van der Waals surface area contributed by atoms with Gasteiger partial charge in [0.25, 0.3) is 0 Å². The minimum atomic E-state index is -0.168. The molecule has 3 nitrogen and oxygen atoms in total. The van der Waals surface area contributed by atoms with E-state index >= 15 is 0 Å². The number of hydrazine groups is 1. The Balaban J connectivity index is 1.46. The van der Waals surface area contributed by atoms with Crippen molar-refractivity contribution in [2.24, 2.45) is 0 Å². The molecule has 27 heavy (non-hydrogen) atoms. The van der Waals surface area contributed by atoms with Crippen LogP contribution in [0, 0.1) is 0 Å². The molecule has 0 saturated carbocycles. The van der Waals surface area contributed by atoms with Crippen LogP contribution in [0.5, 0.6) is 0 Å². The molecule has 0 spiro atoms. The predicted molar refractivity (Wildman–Crippen MR) is 108 cm³/mol. The van der Waals surface area contributed by atoms with E-state index in [9.17, 15) is 0 Å². The lowest BCUT2D eigenvalue weighted by Gasteiger charge is -2.35. The minimum absolute atomic E-state index is 0.0297. The molecule has 0 aromatic heterocycles. The summed E-state index contributed by atoms with van der Waals surface area (Å²) in [5.74, 6) is 0. The fourth-order valence-corrected chi connectivity index (χ4v) is 5.31. The van der Waals surface area contributed by atoms with E-state index in [1.807, 2.05) is 30.0 Å². The molecular formula is C23H22N2OS. The Labute approximate surface area is 164 Å². The molecule has 0 aliphatic carbocycles. The van der Waals surface area contributed by atoms with Crippen LogP contribution in [0.2, 0.25) is 0 Å². The SMILES string of the molecule is CC1(C)c2ccccc2Sc2ccc(C3NNC(c4ccccc4)O3)cc21. The second-order valence-electron chi connectivity index (χ2n) is 7.57. The van der Waals surface area contributed by atoms with Gasteiger partial charge in [0.1, 0.15) is 12.5 Å². The van der Waals surface area contributed by atoms with Gasteiger partial charge in [-0.25, -0.2) is 10.9 Å². The molecular weight excluding hydrogens is 352 g/mol. The molecule has 5 rings (SSSR count). The molecule has 2 atom stereocenters. The molecule has 2 unspecified atom stereocenters. The van der Waals surface area contributed by atoms with Gasteiger partial charge in [0.05, 0.1) is 0 Å². The van der Waals surface area contributed by atoms with Gasteiger partial charge in [-0.3, -0.25) is 0 Å². The van der Waals surface area contributed by atoms with E-state index in [1.165, 1.54) is 20.9 Å². The molecule has 2 aliphatic rings. The molecule has 3 aromatic carbocycles. The molecule has 0 amide bonds. The Morgan fingerprint density at radius 1 is 0.741 bits per heavy atom. The Kier molecular flexibility index (Phi) is 4.10. The van der Waals surface area contributed by atoms with E-state index in [0.717, 1.165) is 11.1 Å². The highest BCUT2D eigenvalue weighted by molar-refractivity contribution is 7.99. The third kappa shape index (κ3) is 2.89.